The topological polar surface area (TPSA) is 51.0 Å². The smallest absolute Gasteiger partial charge is 0.142 e. The lowest BCUT2D eigenvalue weighted by molar-refractivity contribution is -0.123. The number of Topliss-reactive ketones (excluding diaryl/α,β-unsaturated/α-hetero) is 1. The molecule has 0 unspecified atom stereocenters. The van der Waals surface area contributed by atoms with Gasteiger partial charge in [0.15, 0.2) is 0 Å². The Hall–Kier alpha value is -2.60. The molecule has 0 atom stereocenters. The normalized spacial score (nSPS) is 15.9. The standard InChI is InChI=1S/C22H25FN4O/c1-26-15-24-14-21(26)17-2-3-18-13-25-20(11-19(18)10-17)12-22(28)16-4-7-27(8-5-16)9-6-23/h2-3,10-11,13-16H,4-9,12H2,1H3. The fourth-order valence-corrected chi connectivity index (χ4v) is 4.00. The summed E-state index contributed by atoms with van der Waals surface area (Å²) in [5.41, 5.74) is 2.96. The molecule has 6 heteroatoms. The number of hydrogen-bond donors (Lipinski definition) is 0. The molecule has 146 valence electrons. The van der Waals surface area contributed by atoms with E-state index in [9.17, 15) is 9.18 Å². The van der Waals surface area contributed by atoms with E-state index in [1.807, 2.05) is 30.1 Å². The van der Waals surface area contributed by atoms with Crippen molar-refractivity contribution in [1.29, 1.82) is 0 Å². The number of fused-ring (bicyclic) bond motifs is 1. The van der Waals surface area contributed by atoms with Gasteiger partial charge in [-0.25, -0.2) is 9.37 Å². The van der Waals surface area contributed by atoms with E-state index in [2.05, 4.69) is 33.1 Å². The van der Waals surface area contributed by atoms with Crippen molar-refractivity contribution >= 4 is 16.6 Å². The van der Waals surface area contributed by atoms with E-state index in [-0.39, 0.29) is 18.4 Å². The maximum Gasteiger partial charge on any atom is 0.142 e. The molecule has 0 saturated carbocycles. The van der Waals surface area contributed by atoms with Crippen LogP contribution in [0.15, 0.2) is 43.0 Å². The Morgan fingerprint density at radius 1 is 1.18 bits per heavy atom. The first-order valence-electron chi connectivity index (χ1n) is 9.80. The van der Waals surface area contributed by atoms with Crippen LogP contribution in [0.25, 0.3) is 22.0 Å². The summed E-state index contributed by atoms with van der Waals surface area (Å²) in [5.74, 6) is 0.309. The average Bonchev–Trinajstić information content (AvgIpc) is 3.14. The lowest BCUT2D eigenvalue weighted by Crippen LogP contribution is -2.37. The van der Waals surface area contributed by atoms with E-state index >= 15 is 0 Å². The molecule has 1 saturated heterocycles. The van der Waals surface area contributed by atoms with Crippen molar-refractivity contribution in [3.05, 3.63) is 48.7 Å². The van der Waals surface area contributed by atoms with Gasteiger partial charge in [0.05, 0.1) is 18.2 Å². The van der Waals surface area contributed by atoms with Crippen molar-refractivity contribution in [2.24, 2.45) is 13.0 Å². The van der Waals surface area contributed by atoms with Gasteiger partial charge < -0.3 is 9.47 Å². The monoisotopic (exact) mass is 380 g/mol. The van der Waals surface area contributed by atoms with E-state index < -0.39 is 0 Å². The Labute approximate surface area is 164 Å². The molecule has 28 heavy (non-hydrogen) atoms. The third kappa shape index (κ3) is 3.97. The number of carbonyl (C=O) groups excluding carboxylic acids is 1. The number of benzene rings is 1. The van der Waals surface area contributed by atoms with E-state index in [4.69, 9.17) is 0 Å². The van der Waals surface area contributed by atoms with Crippen LogP contribution in [0.2, 0.25) is 0 Å². The van der Waals surface area contributed by atoms with Crippen molar-refractivity contribution in [2.45, 2.75) is 19.3 Å². The quantitative estimate of drug-likeness (QED) is 0.657. The second-order valence-corrected chi connectivity index (χ2v) is 7.58. The molecule has 2 aromatic heterocycles. The van der Waals surface area contributed by atoms with Crippen LogP contribution in [-0.2, 0) is 18.3 Å². The molecular formula is C22H25FN4O. The summed E-state index contributed by atoms with van der Waals surface area (Å²) in [5, 5.41) is 2.14. The number of imidazole rings is 1. The Balaban J connectivity index is 1.48. The largest absolute Gasteiger partial charge is 0.334 e. The van der Waals surface area contributed by atoms with E-state index in [0.717, 1.165) is 53.7 Å². The summed E-state index contributed by atoms with van der Waals surface area (Å²) in [4.78, 5) is 23.5. The Bertz CT molecular complexity index is 976. The highest BCUT2D eigenvalue weighted by molar-refractivity contribution is 5.88. The Morgan fingerprint density at radius 3 is 2.71 bits per heavy atom. The van der Waals surface area contributed by atoms with Crippen molar-refractivity contribution in [1.82, 2.24) is 19.4 Å². The highest BCUT2D eigenvalue weighted by atomic mass is 19.1. The van der Waals surface area contributed by atoms with Gasteiger partial charge in [0.2, 0.25) is 0 Å². The molecule has 3 aromatic rings. The first-order chi connectivity index (χ1) is 13.6. The zero-order valence-corrected chi connectivity index (χ0v) is 16.1. The summed E-state index contributed by atoms with van der Waals surface area (Å²) in [6.07, 6.45) is 7.47. The SMILES string of the molecule is Cn1cncc1-c1ccc2cnc(CC(=O)C3CCN(CCF)CC3)cc2c1. The predicted octanol–water partition coefficient (Wildman–Crippen LogP) is 3.43. The number of alkyl halides is 1. The summed E-state index contributed by atoms with van der Waals surface area (Å²) >= 11 is 0. The van der Waals surface area contributed by atoms with E-state index in [0.29, 0.717) is 13.0 Å². The third-order valence-corrected chi connectivity index (χ3v) is 5.69. The van der Waals surface area contributed by atoms with Crippen LogP contribution >= 0.6 is 0 Å². The minimum Gasteiger partial charge on any atom is -0.334 e. The van der Waals surface area contributed by atoms with Crippen molar-refractivity contribution in [2.75, 3.05) is 26.3 Å². The van der Waals surface area contributed by atoms with Gasteiger partial charge in [0.25, 0.3) is 0 Å². The number of likely N-dealkylation sites (tertiary alicyclic amines) is 1. The molecule has 1 fully saturated rings. The van der Waals surface area contributed by atoms with Gasteiger partial charge in [0, 0.05) is 48.8 Å². The minimum atomic E-state index is -0.319. The van der Waals surface area contributed by atoms with Crippen LogP contribution in [0.4, 0.5) is 4.39 Å². The van der Waals surface area contributed by atoms with Crippen LogP contribution in [-0.4, -0.2) is 51.5 Å². The molecule has 0 aliphatic carbocycles. The number of aromatic nitrogens is 3. The summed E-state index contributed by atoms with van der Waals surface area (Å²) < 4.78 is 14.5. The van der Waals surface area contributed by atoms with Crippen LogP contribution < -0.4 is 0 Å². The summed E-state index contributed by atoms with van der Waals surface area (Å²) in [6, 6.07) is 8.26. The van der Waals surface area contributed by atoms with Gasteiger partial charge in [0.1, 0.15) is 12.5 Å². The molecule has 1 aliphatic rings. The summed E-state index contributed by atoms with van der Waals surface area (Å²) in [7, 11) is 1.97. The first-order valence-corrected chi connectivity index (χ1v) is 9.80. The number of aryl methyl sites for hydroxylation is 1. The highest BCUT2D eigenvalue weighted by Gasteiger charge is 2.25. The molecule has 1 aromatic carbocycles. The number of piperidine rings is 1. The van der Waals surface area contributed by atoms with Gasteiger partial charge >= 0.3 is 0 Å². The molecule has 0 bridgehead atoms. The van der Waals surface area contributed by atoms with Gasteiger partial charge in [-0.2, -0.15) is 0 Å². The third-order valence-electron chi connectivity index (χ3n) is 5.69. The van der Waals surface area contributed by atoms with Gasteiger partial charge in [-0.15, -0.1) is 0 Å². The number of ketones is 1. The zero-order valence-electron chi connectivity index (χ0n) is 16.1. The number of carbonyl (C=O) groups is 1. The minimum absolute atomic E-state index is 0.0640. The van der Waals surface area contributed by atoms with Crippen molar-refractivity contribution in [3.63, 3.8) is 0 Å². The second-order valence-electron chi connectivity index (χ2n) is 7.58. The van der Waals surface area contributed by atoms with Crippen LogP contribution in [0.5, 0.6) is 0 Å². The fourth-order valence-electron chi connectivity index (χ4n) is 4.00. The maximum absolute atomic E-state index is 12.7. The second kappa shape index (κ2) is 8.19. The number of halogens is 1. The number of nitrogens with zero attached hydrogens (tertiary/aromatic N) is 4. The van der Waals surface area contributed by atoms with Crippen molar-refractivity contribution < 1.29 is 9.18 Å². The molecule has 3 heterocycles. The number of pyridine rings is 1. The molecule has 5 nitrogen and oxygen atoms in total. The van der Waals surface area contributed by atoms with Crippen LogP contribution in [0, 0.1) is 5.92 Å². The lowest BCUT2D eigenvalue weighted by atomic mass is 9.90. The average molecular weight is 380 g/mol. The number of rotatable bonds is 6. The molecule has 0 amide bonds. The first kappa shape index (κ1) is 18.7. The van der Waals surface area contributed by atoms with Gasteiger partial charge in [-0.1, -0.05) is 12.1 Å². The van der Waals surface area contributed by atoms with Crippen molar-refractivity contribution in [3.8, 4) is 11.3 Å². The van der Waals surface area contributed by atoms with Gasteiger partial charge in [-0.3, -0.25) is 9.78 Å². The Morgan fingerprint density at radius 2 is 2.00 bits per heavy atom. The molecule has 0 radical (unpaired) electrons. The van der Waals surface area contributed by atoms with Gasteiger partial charge in [-0.05, 0) is 43.5 Å². The molecular weight excluding hydrogens is 355 g/mol. The highest BCUT2D eigenvalue weighted by Crippen LogP contribution is 2.25. The van der Waals surface area contributed by atoms with Crippen LogP contribution in [0.1, 0.15) is 18.5 Å². The summed E-state index contributed by atoms with van der Waals surface area (Å²) in [6.45, 7) is 1.77. The molecule has 0 N–H and O–H groups in total. The Kier molecular flexibility index (Phi) is 5.48. The molecule has 4 rings (SSSR count). The van der Waals surface area contributed by atoms with Crippen LogP contribution in [0.3, 0.4) is 0 Å². The van der Waals surface area contributed by atoms with E-state index in [1.165, 1.54) is 0 Å². The fraction of sp³-hybridized carbons (Fsp3) is 0.409. The maximum atomic E-state index is 12.7. The zero-order chi connectivity index (χ0) is 19.5. The predicted molar refractivity (Wildman–Crippen MR) is 108 cm³/mol. The number of hydrogen-bond acceptors (Lipinski definition) is 4. The molecule has 1 aliphatic heterocycles. The van der Waals surface area contributed by atoms with E-state index in [1.54, 1.807) is 6.33 Å². The molecule has 0 spiro atoms. The lowest BCUT2D eigenvalue weighted by Gasteiger charge is -2.30.